The third-order valence-corrected chi connectivity index (χ3v) is 3.45. The maximum absolute atomic E-state index is 11.7. The molecule has 0 aromatic rings. The summed E-state index contributed by atoms with van der Waals surface area (Å²) in [5, 5.41) is 15.5. The van der Waals surface area contributed by atoms with E-state index in [-0.39, 0.29) is 24.1 Å². The van der Waals surface area contributed by atoms with Gasteiger partial charge in [-0.2, -0.15) is 0 Å². The van der Waals surface area contributed by atoms with Crippen LogP contribution in [0.4, 0.5) is 0 Å². The molecule has 0 aromatic carbocycles. The van der Waals surface area contributed by atoms with Crippen molar-refractivity contribution in [3.8, 4) is 0 Å². The molecule has 86 valence electrons. The number of amides is 1. The van der Waals surface area contributed by atoms with Gasteiger partial charge in [0.15, 0.2) is 0 Å². The molecule has 0 saturated heterocycles. The second kappa shape index (κ2) is 4.10. The van der Waals surface area contributed by atoms with Gasteiger partial charge in [0.25, 0.3) is 0 Å². The van der Waals surface area contributed by atoms with E-state index in [1.165, 1.54) is 0 Å². The zero-order chi connectivity index (χ0) is 10.9. The minimum absolute atomic E-state index is 0.0669. The summed E-state index contributed by atoms with van der Waals surface area (Å²) in [6, 6.07) is 0.214. The molecule has 1 unspecified atom stereocenters. The van der Waals surface area contributed by atoms with Crippen LogP contribution in [0.3, 0.4) is 0 Å². The van der Waals surface area contributed by atoms with E-state index in [2.05, 4.69) is 10.6 Å². The Balaban J connectivity index is 1.79. The van der Waals surface area contributed by atoms with Gasteiger partial charge in [-0.05, 0) is 39.0 Å². The average molecular weight is 212 g/mol. The SMILES string of the molecule is CC(NC1(CO)CCC1)C(=O)NC1CC1. The summed E-state index contributed by atoms with van der Waals surface area (Å²) < 4.78 is 0. The van der Waals surface area contributed by atoms with E-state index in [9.17, 15) is 9.90 Å². The Morgan fingerprint density at radius 3 is 2.60 bits per heavy atom. The molecule has 1 amide bonds. The molecule has 2 aliphatic rings. The van der Waals surface area contributed by atoms with Gasteiger partial charge in [-0.1, -0.05) is 0 Å². The number of hydrogen-bond donors (Lipinski definition) is 3. The van der Waals surface area contributed by atoms with Crippen molar-refractivity contribution in [2.24, 2.45) is 0 Å². The molecule has 0 aromatic heterocycles. The predicted molar refractivity (Wildman–Crippen MR) is 57.4 cm³/mol. The van der Waals surface area contributed by atoms with E-state index < -0.39 is 0 Å². The zero-order valence-electron chi connectivity index (χ0n) is 9.25. The summed E-state index contributed by atoms with van der Waals surface area (Å²) in [6.07, 6.45) is 5.33. The lowest BCUT2D eigenvalue weighted by atomic mass is 9.77. The normalized spacial score (nSPS) is 25.5. The fourth-order valence-electron chi connectivity index (χ4n) is 2.03. The van der Waals surface area contributed by atoms with Crippen LogP contribution in [0.1, 0.15) is 39.0 Å². The van der Waals surface area contributed by atoms with Crippen molar-refractivity contribution in [1.82, 2.24) is 10.6 Å². The van der Waals surface area contributed by atoms with E-state index >= 15 is 0 Å². The Hall–Kier alpha value is -0.610. The van der Waals surface area contributed by atoms with Gasteiger partial charge in [0.1, 0.15) is 0 Å². The second-order valence-electron chi connectivity index (χ2n) is 4.94. The fourth-order valence-corrected chi connectivity index (χ4v) is 2.03. The van der Waals surface area contributed by atoms with Crippen molar-refractivity contribution in [3.05, 3.63) is 0 Å². The minimum Gasteiger partial charge on any atom is -0.394 e. The largest absolute Gasteiger partial charge is 0.394 e. The summed E-state index contributed by atoms with van der Waals surface area (Å²) >= 11 is 0. The Labute approximate surface area is 90.4 Å². The molecule has 1 atom stereocenters. The molecule has 0 heterocycles. The van der Waals surface area contributed by atoms with E-state index in [4.69, 9.17) is 0 Å². The van der Waals surface area contributed by atoms with Gasteiger partial charge in [-0.15, -0.1) is 0 Å². The number of aliphatic hydroxyl groups excluding tert-OH is 1. The van der Waals surface area contributed by atoms with Crippen LogP contribution in [0, 0.1) is 0 Å². The van der Waals surface area contributed by atoms with Gasteiger partial charge in [-0.25, -0.2) is 0 Å². The van der Waals surface area contributed by atoms with Gasteiger partial charge in [-0.3, -0.25) is 10.1 Å². The number of aliphatic hydroxyl groups is 1. The number of nitrogens with one attached hydrogen (secondary N) is 2. The third-order valence-electron chi connectivity index (χ3n) is 3.45. The molecule has 2 aliphatic carbocycles. The Morgan fingerprint density at radius 1 is 1.53 bits per heavy atom. The first-order chi connectivity index (χ1) is 7.15. The lowest BCUT2D eigenvalue weighted by molar-refractivity contribution is -0.124. The number of hydrogen-bond acceptors (Lipinski definition) is 3. The van der Waals surface area contributed by atoms with Crippen molar-refractivity contribution in [1.29, 1.82) is 0 Å². The van der Waals surface area contributed by atoms with Crippen LogP contribution in [0.15, 0.2) is 0 Å². The quantitative estimate of drug-likeness (QED) is 0.608. The van der Waals surface area contributed by atoms with Crippen LogP contribution in [0.25, 0.3) is 0 Å². The van der Waals surface area contributed by atoms with E-state index in [0.29, 0.717) is 6.04 Å². The Morgan fingerprint density at radius 2 is 2.20 bits per heavy atom. The number of rotatable bonds is 5. The smallest absolute Gasteiger partial charge is 0.237 e. The van der Waals surface area contributed by atoms with Crippen molar-refractivity contribution in [2.45, 2.75) is 56.7 Å². The van der Waals surface area contributed by atoms with E-state index in [0.717, 1.165) is 32.1 Å². The lowest BCUT2D eigenvalue weighted by Crippen LogP contribution is -2.60. The highest BCUT2D eigenvalue weighted by atomic mass is 16.3. The predicted octanol–water partition coefficient (Wildman–Crippen LogP) is 0.158. The van der Waals surface area contributed by atoms with Gasteiger partial charge >= 0.3 is 0 Å². The summed E-state index contributed by atoms with van der Waals surface area (Å²) in [5.74, 6) is 0.0669. The summed E-state index contributed by atoms with van der Waals surface area (Å²) in [5.41, 5.74) is -0.180. The molecule has 2 saturated carbocycles. The molecule has 15 heavy (non-hydrogen) atoms. The second-order valence-corrected chi connectivity index (χ2v) is 4.94. The number of carbonyl (C=O) groups excluding carboxylic acids is 1. The molecule has 2 fully saturated rings. The zero-order valence-corrected chi connectivity index (χ0v) is 9.25. The van der Waals surface area contributed by atoms with Crippen molar-refractivity contribution >= 4 is 5.91 Å². The maximum atomic E-state index is 11.7. The molecule has 4 heteroatoms. The molecule has 0 radical (unpaired) electrons. The first-order valence-electron chi connectivity index (χ1n) is 5.84. The van der Waals surface area contributed by atoms with Gasteiger partial charge in [0, 0.05) is 11.6 Å². The lowest BCUT2D eigenvalue weighted by Gasteiger charge is -2.42. The van der Waals surface area contributed by atoms with Crippen LogP contribution in [0.5, 0.6) is 0 Å². The minimum atomic E-state index is -0.196. The Kier molecular flexibility index (Phi) is 2.98. The molecule has 0 aliphatic heterocycles. The van der Waals surface area contributed by atoms with E-state index in [1.807, 2.05) is 6.92 Å². The summed E-state index contributed by atoms with van der Waals surface area (Å²) in [4.78, 5) is 11.7. The molecular formula is C11H20N2O2. The maximum Gasteiger partial charge on any atom is 0.237 e. The van der Waals surface area contributed by atoms with Crippen LogP contribution < -0.4 is 10.6 Å². The highest BCUT2D eigenvalue weighted by molar-refractivity contribution is 5.82. The van der Waals surface area contributed by atoms with Crippen LogP contribution in [0.2, 0.25) is 0 Å². The average Bonchev–Trinajstić information content (AvgIpc) is 2.94. The first-order valence-corrected chi connectivity index (χ1v) is 5.84. The summed E-state index contributed by atoms with van der Waals surface area (Å²) in [7, 11) is 0. The topological polar surface area (TPSA) is 61.4 Å². The molecule has 0 bridgehead atoms. The van der Waals surface area contributed by atoms with Crippen LogP contribution >= 0.6 is 0 Å². The van der Waals surface area contributed by atoms with Crippen molar-refractivity contribution in [3.63, 3.8) is 0 Å². The van der Waals surface area contributed by atoms with Crippen molar-refractivity contribution in [2.75, 3.05) is 6.61 Å². The first kappa shape index (κ1) is 10.9. The molecule has 0 spiro atoms. The van der Waals surface area contributed by atoms with Gasteiger partial charge < -0.3 is 10.4 Å². The van der Waals surface area contributed by atoms with Crippen molar-refractivity contribution < 1.29 is 9.90 Å². The highest BCUT2D eigenvalue weighted by Crippen LogP contribution is 2.31. The van der Waals surface area contributed by atoms with Crippen LogP contribution in [-0.2, 0) is 4.79 Å². The standard InChI is InChI=1S/C11H20N2O2/c1-8(10(15)12-9-3-4-9)13-11(7-14)5-2-6-11/h8-9,13-14H,2-7H2,1H3,(H,12,15). The van der Waals surface area contributed by atoms with E-state index in [1.54, 1.807) is 0 Å². The Bertz CT molecular complexity index is 241. The van der Waals surface area contributed by atoms with Gasteiger partial charge in [0.2, 0.25) is 5.91 Å². The van der Waals surface area contributed by atoms with Gasteiger partial charge in [0.05, 0.1) is 12.6 Å². The molecular weight excluding hydrogens is 192 g/mol. The van der Waals surface area contributed by atoms with Crippen LogP contribution in [-0.4, -0.2) is 35.2 Å². The number of carbonyl (C=O) groups is 1. The molecule has 2 rings (SSSR count). The fraction of sp³-hybridized carbons (Fsp3) is 0.909. The summed E-state index contributed by atoms with van der Waals surface area (Å²) in [6.45, 7) is 2.00. The molecule has 3 N–H and O–H groups in total. The molecule has 4 nitrogen and oxygen atoms in total. The monoisotopic (exact) mass is 212 g/mol. The third kappa shape index (κ3) is 2.49. The highest BCUT2D eigenvalue weighted by Gasteiger charge is 2.38.